The molecule has 2 rings (SSSR count). The van der Waals surface area contributed by atoms with E-state index in [0.717, 1.165) is 19.4 Å². The largest absolute Gasteiger partial charge is 0.339 e. The number of carbonyl (C=O) groups excluding carboxylic acids is 1. The highest BCUT2D eigenvalue weighted by Crippen LogP contribution is 2.29. The average Bonchev–Trinajstić information content (AvgIpc) is 2.81. The van der Waals surface area contributed by atoms with Crippen LogP contribution in [0, 0.1) is 11.8 Å². The van der Waals surface area contributed by atoms with Crippen LogP contribution in [0.2, 0.25) is 0 Å². The van der Waals surface area contributed by atoms with E-state index in [1.54, 1.807) is 0 Å². The number of nitrogens with zero attached hydrogens (tertiary/aromatic N) is 1. The van der Waals surface area contributed by atoms with E-state index < -0.39 is 0 Å². The molecule has 3 heteroatoms. The van der Waals surface area contributed by atoms with Crippen molar-refractivity contribution in [3.63, 3.8) is 0 Å². The Morgan fingerprint density at radius 2 is 1.94 bits per heavy atom. The van der Waals surface area contributed by atoms with Gasteiger partial charge in [0.2, 0.25) is 5.91 Å². The number of likely N-dealkylation sites (tertiary alicyclic amines) is 1. The second-order valence-electron chi connectivity index (χ2n) is 6.45. The normalized spacial score (nSPS) is 33.1. The molecule has 3 unspecified atom stereocenters. The van der Waals surface area contributed by atoms with Crippen molar-refractivity contribution in [2.75, 3.05) is 6.54 Å². The summed E-state index contributed by atoms with van der Waals surface area (Å²) in [6, 6.07) is 0.722. The predicted octanol–water partition coefficient (Wildman–Crippen LogP) is 2.54. The molecular weight excluding hydrogens is 224 g/mol. The first kappa shape index (κ1) is 13.9. The monoisotopic (exact) mass is 252 g/mol. The van der Waals surface area contributed by atoms with Crippen LogP contribution in [0.5, 0.6) is 0 Å². The van der Waals surface area contributed by atoms with E-state index in [4.69, 9.17) is 5.73 Å². The van der Waals surface area contributed by atoms with Crippen molar-refractivity contribution in [2.45, 2.75) is 70.9 Å². The number of nitrogens with two attached hydrogens (primary N) is 1. The molecule has 1 saturated heterocycles. The standard InChI is InChI=1S/C15H28N2O/c1-11(2)14-8-5-9-17(14)15(18)10-12-6-3-4-7-13(12)16/h11-14H,3-10,16H2,1-2H3. The molecule has 2 aliphatic rings. The van der Waals surface area contributed by atoms with E-state index in [2.05, 4.69) is 18.7 Å². The van der Waals surface area contributed by atoms with Crippen molar-refractivity contribution in [3.05, 3.63) is 0 Å². The van der Waals surface area contributed by atoms with Gasteiger partial charge < -0.3 is 10.6 Å². The van der Waals surface area contributed by atoms with Gasteiger partial charge in [0.05, 0.1) is 0 Å². The minimum absolute atomic E-state index is 0.253. The van der Waals surface area contributed by atoms with Crippen LogP contribution in [0.25, 0.3) is 0 Å². The molecule has 0 spiro atoms. The maximum absolute atomic E-state index is 12.4. The molecule has 0 aromatic carbocycles. The van der Waals surface area contributed by atoms with Gasteiger partial charge in [0.1, 0.15) is 0 Å². The van der Waals surface area contributed by atoms with Gasteiger partial charge in [-0.3, -0.25) is 4.79 Å². The fraction of sp³-hybridized carbons (Fsp3) is 0.933. The highest BCUT2D eigenvalue weighted by molar-refractivity contribution is 5.77. The molecule has 2 fully saturated rings. The molecule has 18 heavy (non-hydrogen) atoms. The van der Waals surface area contributed by atoms with Gasteiger partial charge >= 0.3 is 0 Å². The number of carbonyl (C=O) groups is 1. The molecule has 3 atom stereocenters. The molecule has 1 saturated carbocycles. The third-order valence-electron chi connectivity index (χ3n) is 4.79. The van der Waals surface area contributed by atoms with E-state index in [-0.39, 0.29) is 6.04 Å². The lowest BCUT2D eigenvalue weighted by molar-refractivity contribution is -0.134. The minimum atomic E-state index is 0.253. The van der Waals surface area contributed by atoms with Crippen LogP contribution in [0.15, 0.2) is 0 Å². The topological polar surface area (TPSA) is 46.3 Å². The summed E-state index contributed by atoms with van der Waals surface area (Å²) < 4.78 is 0. The van der Waals surface area contributed by atoms with E-state index in [0.29, 0.717) is 30.2 Å². The van der Waals surface area contributed by atoms with E-state index >= 15 is 0 Å². The number of amides is 1. The van der Waals surface area contributed by atoms with Crippen LogP contribution in [-0.4, -0.2) is 29.4 Å². The maximum atomic E-state index is 12.4. The fourth-order valence-corrected chi connectivity index (χ4v) is 3.63. The molecular formula is C15H28N2O. The molecule has 1 amide bonds. The summed E-state index contributed by atoms with van der Waals surface area (Å²) >= 11 is 0. The van der Waals surface area contributed by atoms with Gasteiger partial charge in [-0.05, 0) is 37.5 Å². The molecule has 1 aliphatic heterocycles. The van der Waals surface area contributed by atoms with Crippen LogP contribution >= 0.6 is 0 Å². The molecule has 0 aromatic rings. The Bertz CT molecular complexity index is 290. The Kier molecular flexibility index (Phi) is 4.66. The summed E-state index contributed by atoms with van der Waals surface area (Å²) in [7, 11) is 0. The summed E-state index contributed by atoms with van der Waals surface area (Å²) in [4.78, 5) is 14.6. The number of rotatable bonds is 3. The SMILES string of the molecule is CC(C)C1CCCN1C(=O)CC1CCCCC1N. The van der Waals surface area contributed by atoms with Crippen molar-refractivity contribution in [1.29, 1.82) is 0 Å². The molecule has 104 valence electrons. The first-order chi connectivity index (χ1) is 8.59. The summed E-state index contributed by atoms with van der Waals surface area (Å²) in [5.41, 5.74) is 6.15. The lowest BCUT2D eigenvalue weighted by Crippen LogP contribution is -2.42. The van der Waals surface area contributed by atoms with Crippen molar-refractivity contribution in [1.82, 2.24) is 4.90 Å². The third-order valence-corrected chi connectivity index (χ3v) is 4.79. The highest BCUT2D eigenvalue weighted by atomic mass is 16.2. The Labute approximate surface area is 111 Å². The zero-order valence-electron chi connectivity index (χ0n) is 11.9. The smallest absolute Gasteiger partial charge is 0.223 e. The first-order valence-electron chi connectivity index (χ1n) is 7.64. The summed E-state index contributed by atoms with van der Waals surface area (Å²) in [6.45, 7) is 5.41. The van der Waals surface area contributed by atoms with Gasteiger partial charge in [0.25, 0.3) is 0 Å². The molecule has 2 N–H and O–H groups in total. The summed E-state index contributed by atoms with van der Waals surface area (Å²) in [6.07, 6.45) is 7.78. The van der Waals surface area contributed by atoms with Gasteiger partial charge in [-0.1, -0.05) is 26.7 Å². The second kappa shape index (κ2) is 6.05. The van der Waals surface area contributed by atoms with E-state index in [1.165, 1.54) is 25.7 Å². The van der Waals surface area contributed by atoms with Crippen LogP contribution in [-0.2, 0) is 4.79 Å². The number of hydrogen-bond acceptors (Lipinski definition) is 2. The van der Waals surface area contributed by atoms with E-state index in [9.17, 15) is 4.79 Å². The Balaban J connectivity index is 1.90. The van der Waals surface area contributed by atoms with Crippen LogP contribution < -0.4 is 5.73 Å². The number of hydrogen-bond donors (Lipinski definition) is 1. The summed E-state index contributed by atoms with van der Waals surface area (Å²) in [5.74, 6) is 1.37. The molecule has 0 bridgehead atoms. The van der Waals surface area contributed by atoms with Gasteiger partial charge in [0, 0.05) is 25.0 Å². The molecule has 3 nitrogen and oxygen atoms in total. The fourth-order valence-electron chi connectivity index (χ4n) is 3.63. The van der Waals surface area contributed by atoms with Crippen LogP contribution in [0.3, 0.4) is 0 Å². The van der Waals surface area contributed by atoms with Crippen molar-refractivity contribution < 1.29 is 4.79 Å². The quantitative estimate of drug-likeness (QED) is 0.839. The Morgan fingerprint density at radius 1 is 1.22 bits per heavy atom. The van der Waals surface area contributed by atoms with Crippen molar-refractivity contribution in [3.8, 4) is 0 Å². The predicted molar refractivity (Wildman–Crippen MR) is 74.1 cm³/mol. The summed E-state index contributed by atoms with van der Waals surface area (Å²) in [5, 5.41) is 0. The second-order valence-corrected chi connectivity index (χ2v) is 6.45. The zero-order chi connectivity index (χ0) is 13.1. The van der Waals surface area contributed by atoms with Crippen LogP contribution in [0.1, 0.15) is 58.8 Å². The van der Waals surface area contributed by atoms with Crippen molar-refractivity contribution >= 4 is 5.91 Å². The lowest BCUT2D eigenvalue weighted by atomic mass is 9.82. The molecule has 1 aliphatic carbocycles. The van der Waals surface area contributed by atoms with Gasteiger partial charge in [0.15, 0.2) is 0 Å². The third kappa shape index (κ3) is 3.05. The maximum Gasteiger partial charge on any atom is 0.223 e. The zero-order valence-corrected chi connectivity index (χ0v) is 11.9. The molecule has 1 heterocycles. The average molecular weight is 252 g/mol. The van der Waals surface area contributed by atoms with Crippen LogP contribution in [0.4, 0.5) is 0 Å². The van der Waals surface area contributed by atoms with Crippen molar-refractivity contribution in [2.24, 2.45) is 17.6 Å². The van der Waals surface area contributed by atoms with Gasteiger partial charge in [-0.15, -0.1) is 0 Å². The molecule has 0 radical (unpaired) electrons. The van der Waals surface area contributed by atoms with Gasteiger partial charge in [-0.25, -0.2) is 0 Å². The van der Waals surface area contributed by atoms with Gasteiger partial charge in [-0.2, -0.15) is 0 Å². The first-order valence-corrected chi connectivity index (χ1v) is 7.64. The molecule has 0 aromatic heterocycles. The Morgan fingerprint density at radius 3 is 2.61 bits per heavy atom. The minimum Gasteiger partial charge on any atom is -0.339 e. The highest BCUT2D eigenvalue weighted by Gasteiger charge is 2.33. The lowest BCUT2D eigenvalue weighted by Gasteiger charge is -2.32. The van der Waals surface area contributed by atoms with E-state index in [1.807, 2.05) is 0 Å². The Hall–Kier alpha value is -0.570.